The van der Waals surface area contributed by atoms with Gasteiger partial charge in [-0.25, -0.2) is 0 Å². The molecule has 0 amide bonds. The zero-order valence-electron chi connectivity index (χ0n) is 10.0. The van der Waals surface area contributed by atoms with Gasteiger partial charge in [-0.15, -0.1) is 0 Å². The van der Waals surface area contributed by atoms with E-state index in [1.165, 1.54) is 12.8 Å². The molecule has 1 aliphatic heterocycles. The molecule has 0 radical (unpaired) electrons. The number of aliphatic hydroxyl groups is 1. The summed E-state index contributed by atoms with van der Waals surface area (Å²) in [5.41, 5.74) is 2.09. The summed E-state index contributed by atoms with van der Waals surface area (Å²) in [7, 11) is 0. The third-order valence-electron chi connectivity index (χ3n) is 3.78. The normalized spacial score (nSPS) is 21.8. The van der Waals surface area contributed by atoms with E-state index in [0.717, 1.165) is 43.5 Å². The van der Waals surface area contributed by atoms with Gasteiger partial charge in [-0.3, -0.25) is 9.88 Å². The van der Waals surface area contributed by atoms with Gasteiger partial charge in [0.2, 0.25) is 0 Å². The second-order valence-corrected chi connectivity index (χ2v) is 4.92. The molecule has 2 aliphatic rings. The number of hydrogen-bond acceptors (Lipinski definition) is 4. The minimum atomic E-state index is 0.0979. The monoisotopic (exact) mass is 233 g/mol. The summed E-state index contributed by atoms with van der Waals surface area (Å²) in [4.78, 5) is 9.10. The van der Waals surface area contributed by atoms with Crippen LogP contribution < -0.4 is 4.90 Å². The second kappa shape index (κ2) is 4.63. The fourth-order valence-corrected chi connectivity index (χ4v) is 2.60. The molecule has 17 heavy (non-hydrogen) atoms. The Morgan fingerprint density at radius 1 is 1.24 bits per heavy atom. The molecule has 2 heterocycles. The van der Waals surface area contributed by atoms with E-state index in [4.69, 9.17) is 0 Å². The van der Waals surface area contributed by atoms with Crippen molar-refractivity contribution in [2.45, 2.75) is 25.5 Å². The second-order valence-electron chi connectivity index (χ2n) is 4.92. The molecule has 92 valence electrons. The van der Waals surface area contributed by atoms with Gasteiger partial charge >= 0.3 is 0 Å². The molecule has 1 N–H and O–H groups in total. The summed E-state index contributed by atoms with van der Waals surface area (Å²) < 4.78 is 0. The van der Waals surface area contributed by atoms with Crippen LogP contribution in [0.4, 0.5) is 5.69 Å². The van der Waals surface area contributed by atoms with E-state index in [1.54, 1.807) is 6.20 Å². The van der Waals surface area contributed by atoms with Crippen LogP contribution in [-0.2, 0) is 6.61 Å². The van der Waals surface area contributed by atoms with E-state index in [9.17, 15) is 5.11 Å². The highest BCUT2D eigenvalue weighted by atomic mass is 16.3. The summed E-state index contributed by atoms with van der Waals surface area (Å²) in [6.45, 7) is 4.49. The number of hydrogen-bond donors (Lipinski definition) is 1. The van der Waals surface area contributed by atoms with E-state index in [0.29, 0.717) is 0 Å². The van der Waals surface area contributed by atoms with Crippen LogP contribution in [0.5, 0.6) is 0 Å². The molecule has 4 nitrogen and oxygen atoms in total. The largest absolute Gasteiger partial charge is 0.392 e. The van der Waals surface area contributed by atoms with Gasteiger partial charge in [-0.05, 0) is 18.9 Å². The highest BCUT2D eigenvalue weighted by Gasteiger charge is 2.31. The molecule has 4 heteroatoms. The predicted octanol–water partition coefficient (Wildman–Crippen LogP) is 0.858. The van der Waals surface area contributed by atoms with Crippen LogP contribution in [-0.4, -0.2) is 47.2 Å². The Labute approximate surface area is 102 Å². The first-order valence-corrected chi connectivity index (χ1v) is 6.41. The van der Waals surface area contributed by atoms with Crippen molar-refractivity contribution in [3.05, 3.63) is 24.0 Å². The lowest BCUT2D eigenvalue weighted by Crippen LogP contribution is -2.47. The first kappa shape index (κ1) is 11.0. The maximum atomic E-state index is 9.33. The number of piperazine rings is 1. The quantitative estimate of drug-likeness (QED) is 0.840. The van der Waals surface area contributed by atoms with Crippen molar-refractivity contribution in [2.75, 3.05) is 31.1 Å². The minimum absolute atomic E-state index is 0.0979. The molecule has 3 rings (SSSR count). The minimum Gasteiger partial charge on any atom is -0.392 e. The summed E-state index contributed by atoms with van der Waals surface area (Å²) in [6, 6.07) is 2.77. The number of rotatable bonds is 3. The molecule has 1 aromatic rings. The Hall–Kier alpha value is -1.13. The van der Waals surface area contributed by atoms with Crippen LogP contribution in [0.3, 0.4) is 0 Å². The SMILES string of the molecule is OCc1ccncc1N1CCN(C2CC2)CC1. The first-order valence-electron chi connectivity index (χ1n) is 6.41. The molecular weight excluding hydrogens is 214 g/mol. The maximum absolute atomic E-state index is 9.33. The maximum Gasteiger partial charge on any atom is 0.0703 e. The Balaban J connectivity index is 1.68. The number of pyridine rings is 1. The van der Waals surface area contributed by atoms with Crippen molar-refractivity contribution in [2.24, 2.45) is 0 Å². The summed E-state index contributed by atoms with van der Waals surface area (Å²) in [5.74, 6) is 0. The van der Waals surface area contributed by atoms with E-state index < -0.39 is 0 Å². The molecule has 1 saturated heterocycles. The van der Waals surface area contributed by atoms with Crippen molar-refractivity contribution in [1.82, 2.24) is 9.88 Å². The molecule has 1 aliphatic carbocycles. The molecular formula is C13H19N3O. The number of aromatic nitrogens is 1. The zero-order chi connectivity index (χ0) is 11.7. The van der Waals surface area contributed by atoms with Crippen LogP contribution in [0.25, 0.3) is 0 Å². The number of aliphatic hydroxyl groups excluding tert-OH is 1. The van der Waals surface area contributed by atoms with Crippen LogP contribution in [0.2, 0.25) is 0 Å². The molecule has 0 atom stereocenters. The van der Waals surface area contributed by atoms with Gasteiger partial charge in [0.15, 0.2) is 0 Å². The molecule has 0 aromatic carbocycles. The summed E-state index contributed by atoms with van der Waals surface area (Å²) >= 11 is 0. The Kier molecular flexibility index (Phi) is 2.99. The van der Waals surface area contributed by atoms with E-state index in [2.05, 4.69) is 14.8 Å². The molecule has 1 saturated carbocycles. The summed E-state index contributed by atoms with van der Waals surface area (Å²) in [5, 5.41) is 9.33. The number of nitrogens with zero attached hydrogens (tertiary/aromatic N) is 3. The lowest BCUT2D eigenvalue weighted by Gasteiger charge is -2.36. The van der Waals surface area contributed by atoms with Crippen LogP contribution in [0.1, 0.15) is 18.4 Å². The fraction of sp³-hybridized carbons (Fsp3) is 0.615. The Bertz CT molecular complexity index is 384. The van der Waals surface area contributed by atoms with Crippen molar-refractivity contribution in [3.63, 3.8) is 0 Å². The van der Waals surface area contributed by atoms with Crippen molar-refractivity contribution in [3.8, 4) is 0 Å². The number of anilines is 1. The van der Waals surface area contributed by atoms with Crippen molar-refractivity contribution >= 4 is 5.69 Å². The third kappa shape index (κ3) is 2.28. The van der Waals surface area contributed by atoms with Gasteiger partial charge in [-0.2, -0.15) is 0 Å². The lowest BCUT2D eigenvalue weighted by atomic mass is 10.2. The topological polar surface area (TPSA) is 39.6 Å². The summed E-state index contributed by atoms with van der Waals surface area (Å²) in [6.07, 6.45) is 6.39. The third-order valence-corrected chi connectivity index (χ3v) is 3.78. The highest BCUT2D eigenvalue weighted by Crippen LogP contribution is 2.29. The molecule has 0 bridgehead atoms. The smallest absolute Gasteiger partial charge is 0.0703 e. The van der Waals surface area contributed by atoms with Gasteiger partial charge in [0.05, 0.1) is 18.5 Å². The lowest BCUT2D eigenvalue weighted by molar-refractivity contribution is 0.246. The van der Waals surface area contributed by atoms with Crippen LogP contribution >= 0.6 is 0 Å². The van der Waals surface area contributed by atoms with Gasteiger partial charge in [0.1, 0.15) is 0 Å². The Morgan fingerprint density at radius 2 is 2.00 bits per heavy atom. The van der Waals surface area contributed by atoms with E-state index >= 15 is 0 Å². The van der Waals surface area contributed by atoms with Crippen molar-refractivity contribution < 1.29 is 5.11 Å². The van der Waals surface area contributed by atoms with Crippen LogP contribution in [0.15, 0.2) is 18.5 Å². The fourth-order valence-electron chi connectivity index (χ4n) is 2.60. The van der Waals surface area contributed by atoms with E-state index in [-0.39, 0.29) is 6.61 Å². The molecule has 2 fully saturated rings. The predicted molar refractivity (Wildman–Crippen MR) is 67.0 cm³/mol. The van der Waals surface area contributed by atoms with Gasteiger partial charge in [0.25, 0.3) is 0 Å². The molecule has 1 aromatic heterocycles. The average Bonchev–Trinajstić information content (AvgIpc) is 3.23. The average molecular weight is 233 g/mol. The first-order chi connectivity index (χ1) is 8.38. The Morgan fingerprint density at radius 3 is 2.65 bits per heavy atom. The van der Waals surface area contributed by atoms with E-state index in [1.807, 2.05) is 12.3 Å². The van der Waals surface area contributed by atoms with Gasteiger partial charge < -0.3 is 10.0 Å². The molecule has 0 unspecified atom stereocenters. The van der Waals surface area contributed by atoms with Gasteiger partial charge in [0, 0.05) is 44.0 Å². The van der Waals surface area contributed by atoms with Crippen molar-refractivity contribution in [1.29, 1.82) is 0 Å². The van der Waals surface area contributed by atoms with Crippen LogP contribution in [0, 0.1) is 0 Å². The highest BCUT2D eigenvalue weighted by molar-refractivity contribution is 5.51. The zero-order valence-corrected chi connectivity index (χ0v) is 10.0. The standard InChI is InChI=1S/C13H19N3O/c17-10-11-3-4-14-9-13(11)16-7-5-15(6-8-16)12-1-2-12/h3-4,9,12,17H,1-2,5-8,10H2. The van der Waals surface area contributed by atoms with Gasteiger partial charge in [-0.1, -0.05) is 0 Å². The molecule has 0 spiro atoms.